The smallest absolute Gasteiger partial charge is 0.261 e. The molecule has 0 spiro atoms. The van der Waals surface area contributed by atoms with Gasteiger partial charge in [0.2, 0.25) is 0 Å². The Balaban J connectivity index is 1.93. The van der Waals surface area contributed by atoms with E-state index in [0.29, 0.717) is 16.0 Å². The number of benzene rings is 2. The highest BCUT2D eigenvalue weighted by Crippen LogP contribution is 2.25. The number of hydrogen-bond donors (Lipinski definition) is 0. The van der Waals surface area contributed by atoms with Crippen LogP contribution in [0, 0.1) is 0 Å². The summed E-state index contributed by atoms with van der Waals surface area (Å²) in [6, 6.07) is 13.8. The van der Waals surface area contributed by atoms with Crippen LogP contribution >= 0.6 is 0 Å². The fourth-order valence-corrected chi connectivity index (χ4v) is 3.46. The second-order valence-corrected chi connectivity index (χ2v) is 7.82. The lowest BCUT2D eigenvalue weighted by molar-refractivity contribution is 0.0642. The molecule has 1 heterocycles. The average Bonchev–Trinajstić information content (AvgIpc) is 2.81. The fourth-order valence-electron chi connectivity index (χ4n) is 2.55. The zero-order valence-electron chi connectivity index (χ0n) is 12.9. The summed E-state index contributed by atoms with van der Waals surface area (Å²) in [5, 5.41) is 0. The van der Waals surface area contributed by atoms with Gasteiger partial charge in [0.05, 0.1) is 27.4 Å². The van der Waals surface area contributed by atoms with Crippen LogP contribution < -0.4 is 0 Å². The molecule has 1 atom stereocenters. The number of imide groups is 1. The Morgan fingerprint density at radius 3 is 2.17 bits per heavy atom. The molecule has 0 radical (unpaired) electrons. The van der Waals surface area contributed by atoms with Gasteiger partial charge in [-0.05, 0) is 29.8 Å². The van der Waals surface area contributed by atoms with E-state index >= 15 is 0 Å². The van der Waals surface area contributed by atoms with Crippen molar-refractivity contribution in [3.63, 3.8) is 0 Å². The van der Waals surface area contributed by atoms with Crippen LogP contribution in [0.25, 0.3) is 0 Å². The summed E-state index contributed by atoms with van der Waals surface area (Å²) in [6.07, 6.45) is 1.56. The molecular weight excluding hydrogens is 312 g/mol. The molecule has 3 rings (SSSR count). The van der Waals surface area contributed by atoms with E-state index in [-0.39, 0.29) is 18.4 Å². The lowest BCUT2D eigenvalue weighted by Crippen LogP contribution is -2.29. The molecule has 2 amide bonds. The van der Waals surface area contributed by atoms with Crippen LogP contribution in [-0.4, -0.2) is 34.2 Å². The molecule has 0 saturated carbocycles. The number of carbonyl (C=O) groups excluding carboxylic acids is 2. The van der Waals surface area contributed by atoms with E-state index in [4.69, 9.17) is 0 Å². The van der Waals surface area contributed by atoms with E-state index in [2.05, 4.69) is 4.36 Å². The average molecular weight is 328 g/mol. The first-order valence-corrected chi connectivity index (χ1v) is 9.01. The molecule has 2 aromatic rings. The Hall–Kier alpha value is -2.47. The molecule has 0 fully saturated rings. The quantitative estimate of drug-likeness (QED) is 0.813. The highest BCUT2D eigenvalue weighted by atomic mass is 32.2. The van der Waals surface area contributed by atoms with Crippen LogP contribution in [0.3, 0.4) is 0 Å². The second kappa shape index (κ2) is 5.62. The zero-order valence-corrected chi connectivity index (χ0v) is 13.7. The van der Waals surface area contributed by atoms with Gasteiger partial charge in [-0.3, -0.25) is 14.5 Å². The van der Waals surface area contributed by atoms with Crippen molar-refractivity contribution in [3.05, 3.63) is 65.2 Å². The van der Waals surface area contributed by atoms with Crippen molar-refractivity contribution in [2.45, 2.75) is 11.4 Å². The van der Waals surface area contributed by atoms with Crippen molar-refractivity contribution in [1.82, 2.24) is 4.90 Å². The van der Waals surface area contributed by atoms with Crippen molar-refractivity contribution in [2.75, 3.05) is 13.3 Å². The van der Waals surface area contributed by atoms with Gasteiger partial charge in [0, 0.05) is 18.2 Å². The highest BCUT2D eigenvalue weighted by Gasteiger charge is 2.34. The van der Waals surface area contributed by atoms with E-state index in [0.717, 1.165) is 5.56 Å². The Kier molecular flexibility index (Phi) is 3.77. The molecular formula is C17H16N2O3S. The molecule has 2 aromatic carbocycles. The first kappa shape index (κ1) is 15.4. The maximum Gasteiger partial charge on any atom is 0.261 e. The van der Waals surface area contributed by atoms with Crippen LogP contribution in [0.15, 0.2) is 57.8 Å². The van der Waals surface area contributed by atoms with E-state index in [1.165, 1.54) is 11.9 Å². The van der Waals surface area contributed by atoms with Crippen LogP contribution in [0.1, 0.15) is 26.3 Å². The molecule has 0 saturated heterocycles. The minimum atomic E-state index is -2.45. The number of carbonyl (C=O) groups is 2. The van der Waals surface area contributed by atoms with Crippen LogP contribution in [0.4, 0.5) is 0 Å². The predicted molar refractivity (Wildman–Crippen MR) is 87.8 cm³/mol. The Labute approximate surface area is 135 Å². The van der Waals surface area contributed by atoms with Gasteiger partial charge in [-0.25, -0.2) is 8.57 Å². The largest absolute Gasteiger partial charge is 0.270 e. The molecule has 0 N–H and O–H groups in total. The summed E-state index contributed by atoms with van der Waals surface area (Å²) < 4.78 is 16.2. The summed E-state index contributed by atoms with van der Waals surface area (Å²) in [7, 11) is -0.935. The van der Waals surface area contributed by atoms with Gasteiger partial charge in [-0.1, -0.05) is 24.3 Å². The van der Waals surface area contributed by atoms with Crippen molar-refractivity contribution in [1.29, 1.82) is 0 Å². The zero-order chi connectivity index (χ0) is 16.6. The van der Waals surface area contributed by atoms with E-state index in [9.17, 15) is 13.8 Å². The van der Waals surface area contributed by atoms with Gasteiger partial charge in [0.15, 0.2) is 0 Å². The van der Waals surface area contributed by atoms with Crippen molar-refractivity contribution in [2.24, 2.45) is 4.36 Å². The Morgan fingerprint density at radius 2 is 1.61 bits per heavy atom. The van der Waals surface area contributed by atoms with Gasteiger partial charge in [0.25, 0.3) is 11.8 Å². The van der Waals surface area contributed by atoms with Gasteiger partial charge < -0.3 is 0 Å². The van der Waals surface area contributed by atoms with Crippen molar-refractivity contribution in [3.8, 4) is 0 Å². The molecule has 23 heavy (non-hydrogen) atoms. The van der Waals surface area contributed by atoms with Crippen molar-refractivity contribution < 1.29 is 13.8 Å². The minimum absolute atomic E-state index is 0.152. The summed E-state index contributed by atoms with van der Waals surface area (Å²) in [5.74, 6) is -0.596. The summed E-state index contributed by atoms with van der Waals surface area (Å²) >= 11 is 0. The molecule has 118 valence electrons. The van der Waals surface area contributed by atoms with Crippen molar-refractivity contribution >= 4 is 21.5 Å². The molecule has 1 unspecified atom stereocenters. The fraction of sp³-hybridized carbons (Fsp3) is 0.176. The highest BCUT2D eigenvalue weighted by molar-refractivity contribution is 7.93. The maximum atomic E-state index is 12.4. The second-order valence-electron chi connectivity index (χ2n) is 5.37. The number of rotatable bonds is 3. The molecule has 1 aliphatic heterocycles. The summed E-state index contributed by atoms with van der Waals surface area (Å²) in [6.45, 7) is 0.152. The van der Waals surface area contributed by atoms with Gasteiger partial charge in [0.1, 0.15) is 0 Å². The van der Waals surface area contributed by atoms with Gasteiger partial charge in [-0.2, -0.15) is 0 Å². The number of fused-ring (bicyclic) bond motifs is 1. The van der Waals surface area contributed by atoms with E-state index in [1.807, 2.05) is 0 Å². The minimum Gasteiger partial charge on any atom is -0.270 e. The summed E-state index contributed by atoms with van der Waals surface area (Å²) in [5.41, 5.74) is 1.60. The number of amides is 2. The third kappa shape index (κ3) is 2.66. The van der Waals surface area contributed by atoms with E-state index < -0.39 is 9.73 Å². The predicted octanol–water partition coefficient (Wildman–Crippen LogP) is 2.57. The molecule has 5 nitrogen and oxygen atoms in total. The van der Waals surface area contributed by atoms with Gasteiger partial charge >= 0.3 is 0 Å². The maximum absolute atomic E-state index is 12.4. The summed E-state index contributed by atoms with van der Waals surface area (Å²) in [4.78, 5) is 26.6. The third-order valence-electron chi connectivity index (χ3n) is 3.90. The molecule has 6 heteroatoms. The standard InChI is InChI=1S/C17H16N2O3S/c1-18-23(2,22)13-7-5-6-12(10-13)11-19-16(20)14-8-3-4-9-15(14)17(19)21/h3-10H,11H2,1-2H3. The van der Waals surface area contributed by atoms with Gasteiger partial charge in [-0.15, -0.1) is 0 Å². The van der Waals surface area contributed by atoms with Crippen LogP contribution in [0.5, 0.6) is 0 Å². The monoisotopic (exact) mass is 328 g/mol. The SMILES string of the molecule is CN=S(C)(=O)c1cccc(CN2C(=O)c3ccccc3C2=O)c1. The number of nitrogens with zero attached hydrogens (tertiary/aromatic N) is 2. The lowest BCUT2D eigenvalue weighted by Gasteiger charge is -2.14. The Morgan fingerprint density at radius 1 is 1.00 bits per heavy atom. The Bertz CT molecular complexity index is 892. The first-order valence-electron chi connectivity index (χ1n) is 7.08. The topological polar surface area (TPSA) is 66.8 Å². The molecule has 0 aromatic heterocycles. The van der Waals surface area contributed by atoms with Crippen LogP contribution in [-0.2, 0) is 16.3 Å². The first-order chi connectivity index (χ1) is 10.9. The van der Waals surface area contributed by atoms with E-state index in [1.54, 1.807) is 54.8 Å². The molecule has 1 aliphatic rings. The normalized spacial score (nSPS) is 16.2. The van der Waals surface area contributed by atoms with Crippen LogP contribution in [0.2, 0.25) is 0 Å². The molecule has 0 bridgehead atoms. The number of hydrogen-bond acceptors (Lipinski definition) is 4. The lowest BCUT2D eigenvalue weighted by atomic mass is 10.1. The molecule has 0 aliphatic carbocycles. The third-order valence-corrected chi connectivity index (χ3v) is 5.73.